The second-order valence-electron chi connectivity index (χ2n) is 6.15. The molecular formula is C19H34N4O2. The highest BCUT2D eigenvalue weighted by atomic mass is 16.5. The first-order valence-electron chi connectivity index (χ1n) is 8.89. The van der Waals surface area contributed by atoms with Crippen LogP contribution in [0.5, 0.6) is 0 Å². The first-order valence-corrected chi connectivity index (χ1v) is 8.89. The Balaban J connectivity index is 2.28. The van der Waals surface area contributed by atoms with Crippen LogP contribution >= 0.6 is 0 Å². The zero-order valence-electron chi connectivity index (χ0n) is 16.1. The fourth-order valence-corrected chi connectivity index (χ4v) is 2.38. The van der Waals surface area contributed by atoms with Crippen molar-refractivity contribution in [1.82, 2.24) is 15.5 Å². The van der Waals surface area contributed by atoms with Gasteiger partial charge in [-0.25, -0.2) is 0 Å². The summed E-state index contributed by atoms with van der Waals surface area (Å²) in [6.45, 7) is 3.68. The van der Waals surface area contributed by atoms with Gasteiger partial charge in [-0.2, -0.15) is 0 Å². The Morgan fingerprint density at radius 2 is 1.88 bits per heavy atom. The van der Waals surface area contributed by atoms with Gasteiger partial charge in [0.2, 0.25) is 0 Å². The quantitative estimate of drug-likeness (QED) is 0.339. The van der Waals surface area contributed by atoms with E-state index in [-0.39, 0.29) is 0 Å². The number of aliphatic imine (C=N–C) groups is 1. The molecule has 25 heavy (non-hydrogen) atoms. The van der Waals surface area contributed by atoms with Crippen LogP contribution < -0.4 is 10.6 Å². The van der Waals surface area contributed by atoms with E-state index in [1.165, 1.54) is 5.56 Å². The molecule has 142 valence electrons. The number of likely N-dealkylation sites (N-methyl/N-ethyl adjacent to an activating group) is 1. The van der Waals surface area contributed by atoms with E-state index in [1.54, 1.807) is 14.2 Å². The van der Waals surface area contributed by atoms with Crippen LogP contribution in [0.25, 0.3) is 0 Å². The summed E-state index contributed by atoms with van der Waals surface area (Å²) in [4.78, 5) is 6.54. The van der Waals surface area contributed by atoms with Crippen LogP contribution in [0.15, 0.2) is 35.3 Å². The van der Waals surface area contributed by atoms with E-state index < -0.39 is 0 Å². The van der Waals surface area contributed by atoms with E-state index >= 15 is 0 Å². The average Bonchev–Trinajstić information content (AvgIpc) is 2.63. The maximum absolute atomic E-state index is 5.45. The van der Waals surface area contributed by atoms with Crippen molar-refractivity contribution in [3.8, 4) is 0 Å². The van der Waals surface area contributed by atoms with Gasteiger partial charge in [0.05, 0.1) is 13.2 Å². The predicted octanol–water partition coefficient (Wildman–Crippen LogP) is 1.38. The molecule has 1 rings (SSSR count). The molecule has 0 fully saturated rings. The topological polar surface area (TPSA) is 58.1 Å². The van der Waals surface area contributed by atoms with Crippen LogP contribution in [0, 0.1) is 0 Å². The predicted molar refractivity (Wildman–Crippen MR) is 104 cm³/mol. The fraction of sp³-hybridized carbons (Fsp3) is 0.632. The number of methoxy groups -OCH3 is 1. The lowest BCUT2D eigenvalue weighted by molar-refractivity contribution is 0.0698. The smallest absolute Gasteiger partial charge is 0.191 e. The van der Waals surface area contributed by atoms with E-state index in [1.807, 2.05) is 0 Å². The molecule has 0 aromatic heterocycles. The molecular weight excluding hydrogens is 316 g/mol. The SMILES string of the molecule is CN=C(NCCCOCCOC)NCC(Cc1ccccc1)N(C)C. The van der Waals surface area contributed by atoms with Crippen molar-refractivity contribution in [2.75, 3.05) is 61.2 Å². The Morgan fingerprint density at radius 3 is 2.52 bits per heavy atom. The number of ether oxygens (including phenoxy) is 2. The number of hydrogen-bond donors (Lipinski definition) is 2. The van der Waals surface area contributed by atoms with Crippen LogP contribution in [0.1, 0.15) is 12.0 Å². The normalized spacial score (nSPS) is 13.1. The first kappa shape index (κ1) is 21.4. The number of rotatable bonds is 12. The van der Waals surface area contributed by atoms with Gasteiger partial charge in [0, 0.05) is 39.9 Å². The third-order valence-corrected chi connectivity index (χ3v) is 3.96. The van der Waals surface area contributed by atoms with Gasteiger partial charge in [0.25, 0.3) is 0 Å². The van der Waals surface area contributed by atoms with Gasteiger partial charge in [-0.05, 0) is 32.5 Å². The van der Waals surface area contributed by atoms with Crippen molar-refractivity contribution in [2.45, 2.75) is 18.9 Å². The monoisotopic (exact) mass is 350 g/mol. The maximum Gasteiger partial charge on any atom is 0.191 e. The molecule has 0 aliphatic carbocycles. The molecule has 1 aromatic carbocycles. The summed E-state index contributed by atoms with van der Waals surface area (Å²) in [5.41, 5.74) is 1.35. The number of nitrogens with zero attached hydrogens (tertiary/aromatic N) is 2. The molecule has 2 N–H and O–H groups in total. The van der Waals surface area contributed by atoms with Gasteiger partial charge < -0.3 is 25.0 Å². The second kappa shape index (κ2) is 13.6. The van der Waals surface area contributed by atoms with Crippen LogP contribution in [0.3, 0.4) is 0 Å². The Kier molecular flexibility index (Phi) is 11.7. The maximum atomic E-state index is 5.45. The number of guanidine groups is 1. The van der Waals surface area contributed by atoms with Crippen molar-refractivity contribution < 1.29 is 9.47 Å². The fourth-order valence-electron chi connectivity index (χ4n) is 2.38. The molecule has 6 heteroatoms. The molecule has 6 nitrogen and oxygen atoms in total. The molecule has 0 saturated carbocycles. The van der Waals surface area contributed by atoms with Crippen LogP contribution in [0.4, 0.5) is 0 Å². The molecule has 1 unspecified atom stereocenters. The van der Waals surface area contributed by atoms with Crippen molar-refractivity contribution in [3.63, 3.8) is 0 Å². The molecule has 0 amide bonds. The van der Waals surface area contributed by atoms with Crippen molar-refractivity contribution >= 4 is 5.96 Å². The molecule has 0 aliphatic rings. The average molecular weight is 351 g/mol. The van der Waals surface area contributed by atoms with Gasteiger partial charge in [-0.15, -0.1) is 0 Å². The summed E-state index contributed by atoms with van der Waals surface area (Å²) >= 11 is 0. The summed E-state index contributed by atoms with van der Waals surface area (Å²) in [6, 6.07) is 11.0. The molecule has 0 bridgehead atoms. The molecule has 0 spiro atoms. The van der Waals surface area contributed by atoms with E-state index in [4.69, 9.17) is 9.47 Å². The van der Waals surface area contributed by atoms with Crippen LogP contribution in [0.2, 0.25) is 0 Å². The highest BCUT2D eigenvalue weighted by molar-refractivity contribution is 5.79. The summed E-state index contributed by atoms with van der Waals surface area (Å²) in [7, 11) is 7.71. The summed E-state index contributed by atoms with van der Waals surface area (Å²) in [5.74, 6) is 0.830. The molecule has 1 aromatic rings. The number of nitrogens with one attached hydrogen (secondary N) is 2. The highest BCUT2D eigenvalue weighted by Crippen LogP contribution is 2.06. The molecule has 0 saturated heterocycles. The highest BCUT2D eigenvalue weighted by Gasteiger charge is 2.12. The van der Waals surface area contributed by atoms with Gasteiger partial charge in [0.1, 0.15) is 0 Å². The van der Waals surface area contributed by atoms with E-state index in [2.05, 4.69) is 65.0 Å². The Labute approximate surface area is 152 Å². The molecule has 1 atom stereocenters. The van der Waals surface area contributed by atoms with Gasteiger partial charge in [-0.1, -0.05) is 30.3 Å². The summed E-state index contributed by atoms with van der Waals surface area (Å²) in [6.07, 6.45) is 1.94. The summed E-state index contributed by atoms with van der Waals surface area (Å²) < 4.78 is 10.4. The Hall–Kier alpha value is -1.63. The van der Waals surface area contributed by atoms with Crippen molar-refractivity contribution in [3.05, 3.63) is 35.9 Å². The number of benzene rings is 1. The lowest BCUT2D eigenvalue weighted by Crippen LogP contribution is -2.46. The van der Waals surface area contributed by atoms with Crippen LogP contribution in [-0.4, -0.2) is 78.1 Å². The van der Waals surface area contributed by atoms with Gasteiger partial charge in [-0.3, -0.25) is 4.99 Å². The van der Waals surface area contributed by atoms with E-state index in [0.717, 1.165) is 38.5 Å². The third kappa shape index (κ3) is 10.1. The standard InChI is InChI=1S/C19H34N4O2/c1-20-19(21-11-8-12-25-14-13-24-4)22-16-18(23(2)3)15-17-9-6-5-7-10-17/h5-7,9-10,18H,8,11-16H2,1-4H3,(H2,20,21,22). The van der Waals surface area contributed by atoms with E-state index in [9.17, 15) is 0 Å². The summed E-state index contributed by atoms with van der Waals surface area (Å²) in [5, 5.41) is 6.75. The van der Waals surface area contributed by atoms with Gasteiger partial charge >= 0.3 is 0 Å². The van der Waals surface area contributed by atoms with E-state index in [0.29, 0.717) is 19.3 Å². The molecule has 0 radical (unpaired) electrons. The minimum Gasteiger partial charge on any atom is -0.382 e. The Morgan fingerprint density at radius 1 is 1.12 bits per heavy atom. The number of hydrogen-bond acceptors (Lipinski definition) is 4. The second-order valence-corrected chi connectivity index (χ2v) is 6.15. The van der Waals surface area contributed by atoms with Crippen LogP contribution in [-0.2, 0) is 15.9 Å². The Bertz CT molecular complexity index is 466. The zero-order valence-corrected chi connectivity index (χ0v) is 16.1. The molecule has 0 aliphatic heterocycles. The lowest BCUT2D eigenvalue weighted by atomic mass is 10.1. The lowest BCUT2D eigenvalue weighted by Gasteiger charge is -2.25. The van der Waals surface area contributed by atoms with Crippen molar-refractivity contribution in [1.29, 1.82) is 0 Å². The third-order valence-electron chi connectivity index (χ3n) is 3.96. The minimum absolute atomic E-state index is 0.401. The minimum atomic E-state index is 0.401. The largest absolute Gasteiger partial charge is 0.382 e. The molecule has 0 heterocycles. The zero-order chi connectivity index (χ0) is 18.3. The van der Waals surface area contributed by atoms with Crippen molar-refractivity contribution in [2.24, 2.45) is 4.99 Å². The first-order chi connectivity index (χ1) is 12.2. The van der Waals surface area contributed by atoms with Gasteiger partial charge in [0.15, 0.2) is 5.96 Å².